The molecule has 1 N–H and O–H groups in total. The van der Waals surface area contributed by atoms with E-state index in [2.05, 4.69) is 15.9 Å². The highest BCUT2D eigenvalue weighted by atomic mass is 79.9. The van der Waals surface area contributed by atoms with Gasteiger partial charge < -0.3 is 19.3 Å². The Morgan fingerprint density at radius 3 is 2.40 bits per heavy atom. The minimum absolute atomic E-state index is 0.108. The maximum Gasteiger partial charge on any atom is 0.331 e. The zero-order valence-electron chi connectivity index (χ0n) is 13.5. The third kappa shape index (κ3) is 5.49. The molecule has 0 amide bonds. The van der Waals surface area contributed by atoms with Crippen molar-refractivity contribution in [3.63, 3.8) is 0 Å². The standard InChI is InChI=1S/C18H16BrFO5/c1-11(17(23-2)10-18(21)22)24-13-4-6-14(7-5-13)25-16-8-3-12(19)9-15(16)20/h3-11H,1-2H3,(H,21,22)/b17-10-. The summed E-state index contributed by atoms with van der Waals surface area (Å²) < 4.78 is 30.5. The first-order chi connectivity index (χ1) is 11.9. The summed E-state index contributed by atoms with van der Waals surface area (Å²) in [6.45, 7) is 1.67. The number of carboxylic acid groups (broad SMARTS) is 1. The number of rotatable bonds is 7. The van der Waals surface area contributed by atoms with E-state index >= 15 is 0 Å². The number of benzene rings is 2. The molecule has 1 atom stereocenters. The average Bonchev–Trinajstić information content (AvgIpc) is 2.56. The van der Waals surface area contributed by atoms with Crippen molar-refractivity contribution in [3.8, 4) is 17.2 Å². The summed E-state index contributed by atoms with van der Waals surface area (Å²) in [4.78, 5) is 10.7. The molecule has 0 saturated heterocycles. The molecule has 0 fully saturated rings. The van der Waals surface area contributed by atoms with Crippen molar-refractivity contribution in [1.82, 2.24) is 0 Å². The van der Waals surface area contributed by atoms with Crippen LogP contribution in [0.5, 0.6) is 17.2 Å². The molecule has 2 aromatic rings. The van der Waals surface area contributed by atoms with Gasteiger partial charge in [-0.1, -0.05) is 15.9 Å². The van der Waals surface area contributed by atoms with Gasteiger partial charge in [0.05, 0.1) is 13.2 Å². The Morgan fingerprint density at radius 1 is 1.20 bits per heavy atom. The quantitative estimate of drug-likeness (QED) is 0.526. The summed E-state index contributed by atoms with van der Waals surface area (Å²) in [6, 6.07) is 11.0. The SMILES string of the molecule is CO/C(=C\C(=O)O)C(C)Oc1ccc(Oc2ccc(Br)cc2F)cc1. The first-order valence-corrected chi connectivity index (χ1v) is 8.06. The predicted molar refractivity (Wildman–Crippen MR) is 93.4 cm³/mol. The number of ether oxygens (including phenoxy) is 3. The van der Waals surface area contributed by atoms with E-state index < -0.39 is 17.9 Å². The average molecular weight is 411 g/mol. The predicted octanol–water partition coefficient (Wildman–Crippen LogP) is 4.76. The lowest BCUT2D eigenvalue weighted by molar-refractivity contribution is -0.131. The molecule has 0 spiro atoms. The second-order valence-electron chi connectivity index (χ2n) is 5.00. The molecule has 2 rings (SSSR count). The van der Waals surface area contributed by atoms with Crippen LogP contribution in [0.1, 0.15) is 6.92 Å². The molecule has 2 aromatic carbocycles. The molecule has 132 valence electrons. The van der Waals surface area contributed by atoms with Crippen molar-refractivity contribution < 1.29 is 28.5 Å². The van der Waals surface area contributed by atoms with Crippen molar-refractivity contribution in [2.24, 2.45) is 0 Å². The first kappa shape index (κ1) is 18.8. The third-order valence-corrected chi connectivity index (χ3v) is 3.65. The van der Waals surface area contributed by atoms with Crippen LogP contribution in [-0.2, 0) is 9.53 Å². The topological polar surface area (TPSA) is 65.0 Å². The Labute approximate surface area is 152 Å². The molecule has 0 bridgehead atoms. The fourth-order valence-electron chi connectivity index (χ4n) is 2.00. The highest BCUT2D eigenvalue weighted by Gasteiger charge is 2.13. The Morgan fingerprint density at radius 2 is 1.84 bits per heavy atom. The van der Waals surface area contributed by atoms with Gasteiger partial charge >= 0.3 is 5.97 Å². The van der Waals surface area contributed by atoms with Crippen molar-refractivity contribution in [3.05, 3.63) is 64.6 Å². The van der Waals surface area contributed by atoms with Crippen LogP contribution >= 0.6 is 15.9 Å². The minimum Gasteiger partial charge on any atom is -0.497 e. The van der Waals surface area contributed by atoms with E-state index in [0.29, 0.717) is 16.0 Å². The molecule has 0 aliphatic heterocycles. The van der Waals surface area contributed by atoms with E-state index in [4.69, 9.17) is 19.3 Å². The smallest absolute Gasteiger partial charge is 0.331 e. The molecule has 0 radical (unpaired) electrons. The van der Waals surface area contributed by atoms with Crippen molar-refractivity contribution in [1.29, 1.82) is 0 Å². The molecule has 0 aliphatic carbocycles. The molecular weight excluding hydrogens is 395 g/mol. The van der Waals surface area contributed by atoms with E-state index in [-0.39, 0.29) is 11.5 Å². The van der Waals surface area contributed by atoms with E-state index in [1.54, 1.807) is 37.3 Å². The maximum absolute atomic E-state index is 13.8. The zero-order chi connectivity index (χ0) is 18.4. The van der Waals surface area contributed by atoms with E-state index in [9.17, 15) is 9.18 Å². The molecule has 5 nitrogen and oxygen atoms in total. The van der Waals surface area contributed by atoms with Gasteiger partial charge in [0.15, 0.2) is 17.7 Å². The molecule has 7 heteroatoms. The van der Waals surface area contributed by atoms with Crippen molar-refractivity contribution in [2.45, 2.75) is 13.0 Å². The van der Waals surface area contributed by atoms with E-state index in [0.717, 1.165) is 6.08 Å². The summed E-state index contributed by atoms with van der Waals surface area (Å²) in [5.74, 6) is -0.376. The van der Waals surface area contributed by atoms with Gasteiger partial charge in [0.2, 0.25) is 0 Å². The van der Waals surface area contributed by atoms with Gasteiger partial charge in [-0.3, -0.25) is 0 Å². The number of carbonyl (C=O) groups is 1. The van der Waals surface area contributed by atoms with Crippen molar-refractivity contribution >= 4 is 21.9 Å². The highest BCUT2D eigenvalue weighted by molar-refractivity contribution is 9.10. The number of methoxy groups -OCH3 is 1. The van der Waals surface area contributed by atoms with Gasteiger partial charge in [0.1, 0.15) is 17.3 Å². The van der Waals surface area contributed by atoms with E-state index in [1.807, 2.05) is 0 Å². The van der Waals surface area contributed by atoms with Crippen LogP contribution in [0, 0.1) is 5.82 Å². The third-order valence-electron chi connectivity index (χ3n) is 3.16. The molecular formula is C18H16BrFO5. The maximum atomic E-state index is 13.8. The van der Waals surface area contributed by atoms with Gasteiger partial charge in [0, 0.05) is 4.47 Å². The summed E-state index contributed by atoms with van der Waals surface area (Å²) >= 11 is 3.18. The molecule has 1 unspecified atom stereocenters. The second-order valence-corrected chi connectivity index (χ2v) is 5.91. The molecule has 0 aromatic heterocycles. The van der Waals surface area contributed by atoms with Crippen LogP contribution in [0.3, 0.4) is 0 Å². The lowest BCUT2D eigenvalue weighted by Crippen LogP contribution is -2.17. The largest absolute Gasteiger partial charge is 0.497 e. The highest BCUT2D eigenvalue weighted by Crippen LogP contribution is 2.28. The molecule has 0 heterocycles. The van der Waals surface area contributed by atoms with Gasteiger partial charge in [0.25, 0.3) is 0 Å². The van der Waals surface area contributed by atoms with Crippen LogP contribution in [-0.4, -0.2) is 24.3 Å². The fraction of sp³-hybridized carbons (Fsp3) is 0.167. The molecule has 0 saturated carbocycles. The Bertz CT molecular complexity index is 774. The summed E-state index contributed by atoms with van der Waals surface area (Å²) in [6.07, 6.45) is 0.357. The minimum atomic E-state index is -1.12. The number of hydrogen-bond donors (Lipinski definition) is 1. The van der Waals surface area contributed by atoms with Crippen LogP contribution in [0.4, 0.5) is 4.39 Å². The fourth-order valence-corrected chi connectivity index (χ4v) is 2.33. The molecule has 0 aliphatic rings. The van der Waals surface area contributed by atoms with Gasteiger partial charge in [-0.2, -0.15) is 0 Å². The lowest BCUT2D eigenvalue weighted by atomic mass is 10.2. The van der Waals surface area contributed by atoms with Gasteiger partial charge in [-0.05, 0) is 49.4 Å². The number of halogens is 2. The number of carboxylic acids is 1. The summed E-state index contributed by atoms with van der Waals surface area (Å²) in [5.41, 5.74) is 0. The van der Waals surface area contributed by atoms with Crippen LogP contribution in [0.15, 0.2) is 58.8 Å². The Balaban J connectivity index is 2.05. The number of hydrogen-bond acceptors (Lipinski definition) is 4. The van der Waals surface area contributed by atoms with E-state index in [1.165, 1.54) is 19.2 Å². The summed E-state index contributed by atoms with van der Waals surface area (Å²) in [7, 11) is 1.37. The molecule has 25 heavy (non-hydrogen) atoms. The van der Waals surface area contributed by atoms with Gasteiger partial charge in [-0.15, -0.1) is 0 Å². The monoisotopic (exact) mass is 410 g/mol. The van der Waals surface area contributed by atoms with Crippen LogP contribution < -0.4 is 9.47 Å². The zero-order valence-corrected chi connectivity index (χ0v) is 15.1. The number of aliphatic carboxylic acids is 1. The van der Waals surface area contributed by atoms with Crippen LogP contribution in [0.25, 0.3) is 0 Å². The van der Waals surface area contributed by atoms with Crippen molar-refractivity contribution in [2.75, 3.05) is 7.11 Å². The normalized spacial score (nSPS) is 12.4. The van der Waals surface area contributed by atoms with Gasteiger partial charge in [-0.25, -0.2) is 9.18 Å². The Hall–Kier alpha value is -2.54. The lowest BCUT2D eigenvalue weighted by Gasteiger charge is -2.17. The van der Waals surface area contributed by atoms with Crippen LogP contribution in [0.2, 0.25) is 0 Å². The second kappa shape index (κ2) is 8.53. The summed E-state index contributed by atoms with van der Waals surface area (Å²) in [5, 5.41) is 8.78. The first-order valence-electron chi connectivity index (χ1n) is 7.27. The Kier molecular flexibility index (Phi) is 6.41.